The molecule has 6 nitrogen and oxygen atoms in total. The molecule has 0 aliphatic carbocycles. The monoisotopic (exact) mass is 670 g/mol. The number of hydrogen-bond acceptors (Lipinski definition) is 5. The average Bonchev–Trinajstić information content (AvgIpc) is 3.54. The zero-order valence-corrected chi connectivity index (χ0v) is 27.9. The van der Waals surface area contributed by atoms with E-state index in [4.69, 9.17) is 14.7 Å². The van der Waals surface area contributed by atoms with Gasteiger partial charge in [0.2, 0.25) is 0 Å². The summed E-state index contributed by atoms with van der Waals surface area (Å²) in [5.74, 6) is 0.533. The van der Waals surface area contributed by atoms with Gasteiger partial charge in [-0.3, -0.25) is 0 Å². The summed E-state index contributed by atoms with van der Waals surface area (Å²) in [5.41, 5.74) is 3.88. The second kappa shape index (κ2) is 17.9. The van der Waals surface area contributed by atoms with E-state index in [1.54, 1.807) is 6.07 Å². The summed E-state index contributed by atoms with van der Waals surface area (Å²) in [6, 6.07) is 30.6. The maximum atomic E-state index is 11.3. The number of nitrogens with zero attached hydrogens (tertiary/aromatic N) is 2. The first-order valence-corrected chi connectivity index (χ1v) is 17.5. The van der Waals surface area contributed by atoms with Crippen LogP contribution in [0.4, 0.5) is 17.1 Å². The molecule has 0 aliphatic heterocycles. The number of unbranched alkanes of at least 4 members (excludes halogenated alkanes) is 6. The first kappa shape index (κ1) is 33.6. The fourth-order valence-corrected chi connectivity index (χ4v) is 6.92. The summed E-state index contributed by atoms with van der Waals surface area (Å²) in [7, 11) is 0. The van der Waals surface area contributed by atoms with E-state index >= 15 is 0 Å². The zero-order valence-electron chi connectivity index (χ0n) is 26.2. The van der Waals surface area contributed by atoms with Crippen LogP contribution >= 0.6 is 0 Å². The van der Waals surface area contributed by atoms with Gasteiger partial charge in [-0.2, -0.15) is 0 Å². The Morgan fingerprint density at radius 3 is 1.67 bits per heavy atom. The molecule has 1 heterocycles. The van der Waals surface area contributed by atoms with Crippen LogP contribution in [0.25, 0.3) is 16.1 Å². The number of carbonyl (C=O) groups is 1. The minimum atomic E-state index is -1.20. The van der Waals surface area contributed by atoms with Gasteiger partial charge in [0.05, 0.1) is 0 Å². The standard InChI is InChI=1S/C38H42N2O4Se/c1-3-5-7-9-25-43-34-19-15-32(16-20-34)40(33-17-21-35(22-18-33)44-26-10-8-6-4-2)31-13-11-29(12-14-31)37-24-23-36(45-37)27-30(28-39)38(41)42/h11-24,27H,3-10,25-26H2,1-2H3,(H,41,42)/b30-27-. The summed E-state index contributed by atoms with van der Waals surface area (Å²) in [4.78, 5) is 13.5. The molecular weight excluding hydrogens is 627 g/mol. The van der Waals surface area contributed by atoms with Crippen molar-refractivity contribution in [3.63, 3.8) is 0 Å². The first-order chi connectivity index (χ1) is 22.0. The van der Waals surface area contributed by atoms with Crippen LogP contribution in [0.15, 0.2) is 90.5 Å². The minimum absolute atomic E-state index is 0.0858. The van der Waals surface area contributed by atoms with E-state index in [-0.39, 0.29) is 20.1 Å². The molecule has 0 bridgehead atoms. The van der Waals surface area contributed by atoms with Crippen molar-refractivity contribution in [2.24, 2.45) is 0 Å². The fraction of sp³-hybridized carbons (Fsp3) is 0.316. The Labute approximate surface area is 273 Å². The fourth-order valence-electron chi connectivity index (χ4n) is 4.91. The number of anilines is 3. The summed E-state index contributed by atoms with van der Waals surface area (Å²) in [5, 5.41) is 18.3. The predicted molar refractivity (Wildman–Crippen MR) is 184 cm³/mol. The topological polar surface area (TPSA) is 82.8 Å². The molecule has 0 saturated carbocycles. The van der Waals surface area contributed by atoms with Gasteiger partial charge >= 0.3 is 209 Å². The Morgan fingerprint density at radius 1 is 0.733 bits per heavy atom. The number of nitriles is 1. The first-order valence-electron chi connectivity index (χ1n) is 15.8. The molecule has 7 heteroatoms. The number of carboxylic acid groups (broad SMARTS) is 1. The molecule has 0 atom stereocenters. The number of hydrogen-bond donors (Lipinski definition) is 1. The molecule has 1 aromatic heterocycles. The third kappa shape index (κ3) is 10.1. The Balaban J connectivity index is 1.55. The van der Waals surface area contributed by atoms with Crippen molar-refractivity contribution < 1.29 is 19.4 Å². The van der Waals surface area contributed by atoms with Crippen molar-refractivity contribution >= 4 is 43.6 Å². The second-order valence-electron chi connectivity index (χ2n) is 10.9. The Kier molecular flexibility index (Phi) is 13.4. The van der Waals surface area contributed by atoms with Crippen molar-refractivity contribution in [3.8, 4) is 27.6 Å². The third-order valence-electron chi connectivity index (χ3n) is 7.40. The molecule has 0 amide bonds. The predicted octanol–water partition coefficient (Wildman–Crippen LogP) is 9.79. The van der Waals surface area contributed by atoms with Crippen LogP contribution < -0.4 is 14.4 Å². The van der Waals surface area contributed by atoms with Crippen molar-refractivity contribution in [2.45, 2.75) is 65.2 Å². The molecule has 0 radical (unpaired) electrons. The average molecular weight is 670 g/mol. The van der Waals surface area contributed by atoms with Gasteiger partial charge in [0, 0.05) is 0 Å². The second-order valence-corrected chi connectivity index (χ2v) is 13.2. The molecular formula is C38H42N2O4Se. The van der Waals surface area contributed by atoms with Gasteiger partial charge in [0.15, 0.2) is 0 Å². The van der Waals surface area contributed by atoms with Gasteiger partial charge in [-0.05, 0) is 12.8 Å². The molecule has 4 aromatic rings. The maximum absolute atomic E-state index is 11.3. The van der Waals surface area contributed by atoms with Gasteiger partial charge in [0.1, 0.15) is 0 Å². The molecule has 1 N–H and O–H groups in total. The summed E-state index contributed by atoms with van der Waals surface area (Å²) in [6.45, 7) is 5.87. The van der Waals surface area contributed by atoms with Crippen molar-refractivity contribution in [3.05, 3.63) is 94.9 Å². The van der Waals surface area contributed by atoms with Crippen LogP contribution in [0.2, 0.25) is 0 Å². The van der Waals surface area contributed by atoms with Crippen LogP contribution in [0.3, 0.4) is 0 Å². The van der Waals surface area contributed by atoms with Gasteiger partial charge in [-0.1, -0.05) is 52.4 Å². The molecule has 0 fully saturated rings. The summed E-state index contributed by atoms with van der Waals surface area (Å²) >= 11 is -0.0858. The van der Waals surface area contributed by atoms with E-state index < -0.39 is 5.97 Å². The quantitative estimate of drug-likeness (QED) is 0.0492. The molecule has 234 valence electrons. The van der Waals surface area contributed by atoms with E-state index in [2.05, 4.69) is 67.3 Å². The molecule has 0 aliphatic rings. The third-order valence-corrected chi connectivity index (χ3v) is 9.67. The van der Waals surface area contributed by atoms with E-state index in [1.165, 1.54) is 44.6 Å². The normalized spacial score (nSPS) is 11.2. The van der Waals surface area contributed by atoms with Crippen LogP contribution in [-0.2, 0) is 4.79 Å². The Hall–Kier alpha value is -4.24. The van der Waals surface area contributed by atoms with Crippen LogP contribution in [-0.4, -0.2) is 38.8 Å². The number of aliphatic carboxylic acids is 1. The van der Waals surface area contributed by atoms with E-state index in [9.17, 15) is 9.90 Å². The van der Waals surface area contributed by atoms with Crippen molar-refractivity contribution in [2.75, 3.05) is 18.1 Å². The van der Waals surface area contributed by atoms with E-state index in [0.717, 1.165) is 69.1 Å². The summed E-state index contributed by atoms with van der Waals surface area (Å²) in [6.07, 6.45) is 10.9. The van der Waals surface area contributed by atoms with Crippen LogP contribution in [0.1, 0.15) is 69.7 Å². The number of carboxylic acids is 1. The van der Waals surface area contributed by atoms with Gasteiger partial charge < -0.3 is 0 Å². The van der Waals surface area contributed by atoms with Gasteiger partial charge in [0.25, 0.3) is 0 Å². The Bertz CT molecular complexity index is 1490. The number of benzene rings is 3. The number of ether oxygens (including phenoxy) is 2. The molecule has 4 rings (SSSR count). The SMILES string of the molecule is CCCCCCOc1ccc(N(c2ccc(OCCCCCC)cc2)c2ccc(-c3ccc(/C=C(/C#N)C(=O)O)[se]3)cc2)cc1. The molecule has 0 spiro atoms. The van der Waals surface area contributed by atoms with E-state index in [0.29, 0.717) is 0 Å². The van der Waals surface area contributed by atoms with Crippen LogP contribution in [0.5, 0.6) is 11.5 Å². The number of rotatable bonds is 18. The Morgan fingerprint density at radius 2 is 1.22 bits per heavy atom. The molecule has 3 aromatic carbocycles. The molecule has 0 unspecified atom stereocenters. The van der Waals surface area contributed by atoms with Crippen LogP contribution in [0, 0.1) is 11.3 Å². The van der Waals surface area contributed by atoms with Gasteiger partial charge in [-0.25, -0.2) is 0 Å². The molecule has 45 heavy (non-hydrogen) atoms. The van der Waals surface area contributed by atoms with E-state index in [1.807, 2.05) is 36.4 Å². The zero-order chi connectivity index (χ0) is 31.9. The van der Waals surface area contributed by atoms with Crippen molar-refractivity contribution in [1.82, 2.24) is 0 Å². The summed E-state index contributed by atoms with van der Waals surface area (Å²) < 4.78 is 14.0. The van der Waals surface area contributed by atoms with Crippen molar-refractivity contribution in [1.29, 1.82) is 5.26 Å². The van der Waals surface area contributed by atoms with Gasteiger partial charge in [-0.15, -0.1) is 0 Å². The molecule has 0 saturated heterocycles.